The summed E-state index contributed by atoms with van der Waals surface area (Å²) in [6, 6.07) is 15.4. The van der Waals surface area contributed by atoms with Crippen molar-refractivity contribution < 1.29 is 32.6 Å². The maximum absolute atomic E-state index is 13.2. The molecule has 1 aliphatic heterocycles. The standard InChI is InChI=1S/C30H25ClF3N5O4/c31-23-8-5-17(16-35-28(41)29(42)9-10-29)13-22(23)27(40)36-19-6-7-21-24(15-19)37-25(38-26(21)39-11-2-12-39)18-3-1-4-20(14-18)43-30(32,33)34/h1,3-8,13-15,42H,2,9-12,16H2,(H,35,41)(H,36,40). The molecule has 222 valence electrons. The molecule has 43 heavy (non-hydrogen) atoms. The molecule has 0 bridgehead atoms. The van der Waals surface area contributed by atoms with Crippen LogP contribution in [0.25, 0.3) is 22.3 Å². The van der Waals surface area contributed by atoms with E-state index in [1.165, 1.54) is 18.2 Å². The van der Waals surface area contributed by atoms with Gasteiger partial charge in [-0.2, -0.15) is 0 Å². The van der Waals surface area contributed by atoms with Gasteiger partial charge in [-0.25, -0.2) is 9.97 Å². The summed E-state index contributed by atoms with van der Waals surface area (Å²) in [5.41, 5.74) is 0.735. The van der Waals surface area contributed by atoms with Crippen molar-refractivity contribution in [1.29, 1.82) is 0 Å². The van der Waals surface area contributed by atoms with Gasteiger partial charge in [-0.05, 0) is 67.3 Å². The number of halogens is 4. The van der Waals surface area contributed by atoms with Crippen LogP contribution in [0.2, 0.25) is 5.02 Å². The van der Waals surface area contributed by atoms with Gasteiger partial charge in [0, 0.05) is 36.3 Å². The normalized spacial score (nSPS) is 15.5. The SMILES string of the molecule is O=C(Nc1ccc2c(N3CCC3)nc(-c3cccc(OC(F)(F)F)c3)nc2c1)c1cc(CNC(=O)C2(O)CC2)ccc1Cl. The van der Waals surface area contributed by atoms with Gasteiger partial charge in [0.25, 0.3) is 11.8 Å². The second-order valence-electron chi connectivity index (χ2n) is 10.5. The summed E-state index contributed by atoms with van der Waals surface area (Å²) in [5, 5.41) is 16.4. The van der Waals surface area contributed by atoms with Gasteiger partial charge in [-0.3, -0.25) is 9.59 Å². The molecule has 2 fully saturated rings. The maximum Gasteiger partial charge on any atom is 0.573 e. The molecule has 0 unspecified atom stereocenters. The maximum atomic E-state index is 13.2. The van der Waals surface area contributed by atoms with Crippen molar-refractivity contribution in [3.8, 4) is 17.1 Å². The van der Waals surface area contributed by atoms with E-state index in [1.54, 1.807) is 42.5 Å². The number of aromatic nitrogens is 2. The molecule has 3 N–H and O–H groups in total. The molecule has 9 nitrogen and oxygen atoms in total. The first kappa shape index (κ1) is 28.7. The van der Waals surface area contributed by atoms with Crippen molar-refractivity contribution in [2.45, 2.75) is 37.8 Å². The molecule has 1 aliphatic carbocycles. The third-order valence-corrected chi connectivity index (χ3v) is 7.62. The molecule has 6 rings (SSSR count). The van der Waals surface area contributed by atoms with Gasteiger partial charge in [0.2, 0.25) is 0 Å². The van der Waals surface area contributed by atoms with Crippen LogP contribution in [-0.4, -0.2) is 51.9 Å². The van der Waals surface area contributed by atoms with E-state index in [0.717, 1.165) is 24.9 Å². The van der Waals surface area contributed by atoms with Gasteiger partial charge in [0.05, 0.1) is 16.1 Å². The number of benzene rings is 3. The topological polar surface area (TPSA) is 117 Å². The summed E-state index contributed by atoms with van der Waals surface area (Å²) >= 11 is 6.32. The number of fused-ring (bicyclic) bond motifs is 1. The monoisotopic (exact) mass is 611 g/mol. The zero-order valence-corrected chi connectivity index (χ0v) is 23.3. The lowest BCUT2D eigenvalue weighted by molar-refractivity contribution is -0.274. The first-order chi connectivity index (χ1) is 20.5. The molecule has 2 heterocycles. The lowest BCUT2D eigenvalue weighted by atomic mass is 10.1. The first-order valence-electron chi connectivity index (χ1n) is 13.5. The number of rotatable bonds is 8. The van der Waals surface area contributed by atoms with Gasteiger partial charge in [0.15, 0.2) is 5.82 Å². The van der Waals surface area contributed by atoms with Crippen LogP contribution in [0.15, 0.2) is 60.7 Å². The molecule has 13 heteroatoms. The number of amides is 2. The van der Waals surface area contributed by atoms with Gasteiger partial charge < -0.3 is 25.4 Å². The van der Waals surface area contributed by atoms with Crippen molar-refractivity contribution in [3.05, 3.63) is 76.8 Å². The number of hydrogen-bond donors (Lipinski definition) is 3. The van der Waals surface area contributed by atoms with E-state index in [-0.39, 0.29) is 28.7 Å². The molecular formula is C30H25ClF3N5O4. The van der Waals surface area contributed by atoms with Crippen molar-refractivity contribution in [1.82, 2.24) is 15.3 Å². The summed E-state index contributed by atoms with van der Waals surface area (Å²) < 4.78 is 42.5. The fraction of sp³-hybridized carbons (Fsp3) is 0.267. The third kappa shape index (κ3) is 6.35. The van der Waals surface area contributed by atoms with Crippen molar-refractivity contribution in [3.63, 3.8) is 0 Å². The smallest absolute Gasteiger partial charge is 0.406 e. The van der Waals surface area contributed by atoms with Gasteiger partial charge in [0.1, 0.15) is 17.2 Å². The number of alkyl halides is 3. The van der Waals surface area contributed by atoms with E-state index in [2.05, 4.69) is 25.3 Å². The summed E-state index contributed by atoms with van der Waals surface area (Å²) in [6.07, 6.45) is -3.02. The van der Waals surface area contributed by atoms with E-state index in [0.29, 0.717) is 41.0 Å². The number of aliphatic hydroxyl groups is 1. The number of anilines is 2. The Bertz CT molecular complexity index is 1740. The second kappa shape index (κ2) is 11.0. The predicted octanol–water partition coefficient (Wildman–Crippen LogP) is 5.45. The number of carbonyl (C=O) groups is 2. The highest BCUT2D eigenvalue weighted by Crippen LogP contribution is 2.35. The molecule has 4 aromatic rings. The lowest BCUT2D eigenvalue weighted by Gasteiger charge is -2.33. The molecule has 0 radical (unpaired) electrons. The Morgan fingerprint density at radius 2 is 1.84 bits per heavy atom. The molecular weight excluding hydrogens is 587 g/mol. The van der Waals surface area contributed by atoms with Crippen LogP contribution in [0.4, 0.5) is 24.7 Å². The van der Waals surface area contributed by atoms with Crippen molar-refractivity contribution >= 4 is 45.8 Å². The highest BCUT2D eigenvalue weighted by Gasteiger charge is 2.47. The Hall–Kier alpha value is -4.42. The number of nitrogens with one attached hydrogen (secondary N) is 2. The number of nitrogens with zero attached hydrogens (tertiary/aromatic N) is 3. The Labute approximate surface area is 248 Å². The van der Waals surface area contributed by atoms with E-state index >= 15 is 0 Å². The zero-order chi connectivity index (χ0) is 30.4. The minimum atomic E-state index is -4.84. The lowest BCUT2D eigenvalue weighted by Crippen LogP contribution is -2.37. The summed E-state index contributed by atoms with van der Waals surface area (Å²) in [4.78, 5) is 36.6. The van der Waals surface area contributed by atoms with Crippen LogP contribution in [0.1, 0.15) is 35.2 Å². The summed E-state index contributed by atoms with van der Waals surface area (Å²) in [5.74, 6) is -0.489. The average molecular weight is 612 g/mol. The molecule has 3 aromatic carbocycles. The van der Waals surface area contributed by atoms with E-state index in [9.17, 15) is 27.9 Å². The molecule has 1 aromatic heterocycles. The Morgan fingerprint density at radius 1 is 1.05 bits per heavy atom. The highest BCUT2D eigenvalue weighted by molar-refractivity contribution is 6.34. The van der Waals surface area contributed by atoms with Crippen LogP contribution < -0.4 is 20.3 Å². The first-order valence-corrected chi connectivity index (χ1v) is 13.9. The van der Waals surface area contributed by atoms with E-state index in [4.69, 9.17) is 11.6 Å². The molecule has 0 spiro atoms. The Kier molecular flexibility index (Phi) is 7.35. The predicted molar refractivity (Wildman–Crippen MR) is 154 cm³/mol. The molecule has 0 atom stereocenters. The third-order valence-electron chi connectivity index (χ3n) is 7.29. The average Bonchev–Trinajstić information content (AvgIpc) is 3.68. The van der Waals surface area contributed by atoms with Crippen LogP contribution in [0.3, 0.4) is 0 Å². The summed E-state index contributed by atoms with van der Waals surface area (Å²) in [6.45, 7) is 1.66. The Balaban J connectivity index is 1.27. The fourth-order valence-electron chi connectivity index (χ4n) is 4.67. The van der Waals surface area contributed by atoms with Gasteiger partial charge in [-0.1, -0.05) is 29.8 Å². The largest absolute Gasteiger partial charge is 0.573 e. The minimum absolute atomic E-state index is 0.114. The zero-order valence-electron chi connectivity index (χ0n) is 22.5. The number of ether oxygens (including phenoxy) is 1. The molecule has 1 saturated heterocycles. The minimum Gasteiger partial charge on any atom is -0.406 e. The Morgan fingerprint density at radius 3 is 2.53 bits per heavy atom. The molecule has 2 amide bonds. The highest BCUT2D eigenvalue weighted by atomic mass is 35.5. The molecule has 1 saturated carbocycles. The van der Waals surface area contributed by atoms with Crippen LogP contribution in [-0.2, 0) is 11.3 Å². The van der Waals surface area contributed by atoms with E-state index in [1.807, 2.05) is 4.90 Å². The van der Waals surface area contributed by atoms with E-state index < -0.39 is 23.8 Å². The van der Waals surface area contributed by atoms with Crippen molar-refractivity contribution in [2.24, 2.45) is 0 Å². The van der Waals surface area contributed by atoms with Crippen molar-refractivity contribution in [2.75, 3.05) is 23.3 Å². The summed E-state index contributed by atoms with van der Waals surface area (Å²) in [7, 11) is 0. The number of hydrogen-bond acceptors (Lipinski definition) is 7. The quantitative estimate of drug-likeness (QED) is 0.243. The molecule has 2 aliphatic rings. The van der Waals surface area contributed by atoms with Crippen LogP contribution in [0, 0.1) is 0 Å². The van der Waals surface area contributed by atoms with Crippen LogP contribution in [0.5, 0.6) is 5.75 Å². The van der Waals surface area contributed by atoms with Gasteiger partial charge >= 0.3 is 6.36 Å². The second-order valence-corrected chi connectivity index (χ2v) is 10.9. The number of carbonyl (C=O) groups excluding carboxylic acids is 2. The fourth-order valence-corrected chi connectivity index (χ4v) is 4.87. The van der Waals surface area contributed by atoms with Gasteiger partial charge in [-0.15, -0.1) is 13.2 Å². The van der Waals surface area contributed by atoms with Crippen LogP contribution >= 0.6 is 11.6 Å².